The van der Waals surface area contributed by atoms with Crippen LogP contribution in [0, 0.1) is 6.92 Å². The molecular weight excluding hydrogens is 410 g/mol. The average molecular weight is 434 g/mol. The summed E-state index contributed by atoms with van der Waals surface area (Å²) < 4.78 is 24.8. The number of imidazole rings is 1. The smallest absolute Gasteiger partial charge is 0.224 e. The van der Waals surface area contributed by atoms with E-state index in [1.54, 1.807) is 30.3 Å². The van der Waals surface area contributed by atoms with Crippen molar-refractivity contribution in [3.05, 3.63) is 78.4 Å². The first-order valence-corrected chi connectivity index (χ1v) is 11.7. The summed E-state index contributed by atoms with van der Waals surface area (Å²) >= 11 is 0. The van der Waals surface area contributed by atoms with Crippen LogP contribution >= 0.6 is 0 Å². The summed E-state index contributed by atoms with van der Waals surface area (Å²) in [6.45, 7) is 1.91. The van der Waals surface area contributed by atoms with Crippen LogP contribution in [0.4, 0.5) is 5.69 Å². The average Bonchev–Trinajstić information content (AvgIpc) is 3.18. The van der Waals surface area contributed by atoms with E-state index in [9.17, 15) is 13.2 Å². The van der Waals surface area contributed by atoms with E-state index in [-0.39, 0.29) is 29.4 Å². The quantitative estimate of drug-likeness (QED) is 0.441. The Morgan fingerprint density at radius 1 is 1.00 bits per heavy atom. The molecule has 0 fully saturated rings. The van der Waals surface area contributed by atoms with Crippen molar-refractivity contribution < 1.29 is 13.2 Å². The minimum Gasteiger partial charge on any atom is -0.338 e. The molecule has 1 aromatic heterocycles. The van der Waals surface area contributed by atoms with Crippen molar-refractivity contribution in [2.75, 3.05) is 11.1 Å². The lowest BCUT2D eigenvalue weighted by atomic mass is 10.2. The van der Waals surface area contributed by atoms with E-state index in [1.807, 2.05) is 49.4 Å². The number of fused-ring (bicyclic) bond motifs is 1. The number of anilines is 1. The first-order chi connectivity index (χ1) is 14.9. The monoisotopic (exact) mass is 433 g/mol. The van der Waals surface area contributed by atoms with Crippen molar-refractivity contribution in [1.29, 1.82) is 0 Å². The third-order valence-corrected chi connectivity index (χ3v) is 6.82. The van der Waals surface area contributed by atoms with Gasteiger partial charge in [0.15, 0.2) is 9.84 Å². The molecule has 0 radical (unpaired) electrons. The van der Waals surface area contributed by atoms with Crippen LogP contribution in [-0.2, 0) is 14.6 Å². The number of sulfone groups is 1. The van der Waals surface area contributed by atoms with E-state index in [2.05, 4.69) is 15.3 Å². The van der Waals surface area contributed by atoms with Crippen molar-refractivity contribution in [3.8, 4) is 11.4 Å². The zero-order valence-corrected chi connectivity index (χ0v) is 17.9. The first kappa shape index (κ1) is 20.8. The zero-order chi connectivity index (χ0) is 21.8. The molecule has 1 heterocycles. The Morgan fingerprint density at radius 3 is 2.55 bits per heavy atom. The van der Waals surface area contributed by atoms with Crippen molar-refractivity contribution >= 4 is 32.5 Å². The van der Waals surface area contributed by atoms with Gasteiger partial charge in [-0.1, -0.05) is 42.0 Å². The van der Waals surface area contributed by atoms with Crippen LogP contribution in [0.2, 0.25) is 0 Å². The van der Waals surface area contributed by atoms with Crippen molar-refractivity contribution in [2.24, 2.45) is 0 Å². The van der Waals surface area contributed by atoms with Gasteiger partial charge in [0.1, 0.15) is 5.82 Å². The maximum Gasteiger partial charge on any atom is 0.224 e. The number of aryl methyl sites for hydroxylation is 1. The third-order valence-electron chi connectivity index (χ3n) is 5.01. The normalized spacial score (nSPS) is 11.5. The molecule has 31 heavy (non-hydrogen) atoms. The van der Waals surface area contributed by atoms with Crippen molar-refractivity contribution in [2.45, 2.75) is 24.7 Å². The molecule has 0 saturated heterocycles. The number of carbonyl (C=O) groups is 1. The van der Waals surface area contributed by atoms with Crippen molar-refractivity contribution in [1.82, 2.24) is 9.97 Å². The van der Waals surface area contributed by atoms with Gasteiger partial charge in [-0.2, -0.15) is 0 Å². The van der Waals surface area contributed by atoms with Crippen LogP contribution in [0.5, 0.6) is 0 Å². The van der Waals surface area contributed by atoms with Gasteiger partial charge in [-0.05, 0) is 49.7 Å². The predicted molar refractivity (Wildman–Crippen MR) is 123 cm³/mol. The number of para-hydroxylation sites is 2. The fourth-order valence-electron chi connectivity index (χ4n) is 3.34. The van der Waals surface area contributed by atoms with Crippen LogP contribution in [0.1, 0.15) is 18.4 Å². The fourth-order valence-corrected chi connectivity index (χ4v) is 4.65. The summed E-state index contributed by atoms with van der Waals surface area (Å²) in [4.78, 5) is 20.5. The van der Waals surface area contributed by atoms with E-state index in [0.717, 1.165) is 28.0 Å². The second kappa shape index (κ2) is 8.73. The Hall–Kier alpha value is -3.45. The molecule has 4 aromatic rings. The highest BCUT2D eigenvalue weighted by Gasteiger charge is 2.15. The van der Waals surface area contributed by atoms with Crippen LogP contribution < -0.4 is 5.32 Å². The number of hydrogen-bond acceptors (Lipinski definition) is 4. The number of hydrogen-bond donors (Lipinski definition) is 2. The SMILES string of the molecule is Cc1ccc(S(=O)(=O)CCCC(=O)Nc2cccc(-c3nc4ccccc4[nH]3)c2)cc1. The number of nitrogens with zero attached hydrogens (tertiary/aromatic N) is 1. The summed E-state index contributed by atoms with van der Waals surface area (Å²) in [6.07, 6.45) is 0.380. The number of rotatable bonds is 7. The van der Waals surface area contributed by atoms with Crippen LogP contribution in [0.15, 0.2) is 77.7 Å². The van der Waals surface area contributed by atoms with Gasteiger partial charge >= 0.3 is 0 Å². The molecular formula is C24H23N3O3S. The fraction of sp³-hybridized carbons (Fsp3) is 0.167. The highest BCUT2D eigenvalue weighted by molar-refractivity contribution is 7.91. The Kier molecular flexibility index (Phi) is 5.86. The molecule has 0 aliphatic heterocycles. The maximum atomic E-state index is 12.4. The van der Waals surface area contributed by atoms with Gasteiger partial charge in [0.05, 0.1) is 21.7 Å². The molecule has 158 valence electrons. The Balaban J connectivity index is 1.36. The molecule has 0 aliphatic carbocycles. The molecule has 7 heteroatoms. The van der Waals surface area contributed by atoms with Gasteiger partial charge in [0.25, 0.3) is 0 Å². The summed E-state index contributed by atoms with van der Waals surface area (Å²) in [5, 5.41) is 2.84. The number of nitrogens with one attached hydrogen (secondary N) is 2. The van der Waals surface area contributed by atoms with E-state index < -0.39 is 9.84 Å². The molecule has 1 amide bonds. The summed E-state index contributed by atoms with van der Waals surface area (Å²) in [5.41, 5.74) is 4.33. The molecule has 0 unspecified atom stereocenters. The molecule has 0 atom stereocenters. The van der Waals surface area contributed by atoms with Crippen LogP contribution in [0.3, 0.4) is 0 Å². The number of amides is 1. The third kappa shape index (κ3) is 5.00. The minimum atomic E-state index is -3.39. The number of H-pyrrole nitrogens is 1. The molecule has 0 saturated carbocycles. The number of benzene rings is 3. The van der Waals surface area contributed by atoms with Crippen molar-refractivity contribution in [3.63, 3.8) is 0 Å². The standard InChI is InChI=1S/C24H23N3O3S/c1-17-11-13-20(14-12-17)31(29,30)15-5-10-23(28)25-19-7-4-6-18(16-19)24-26-21-8-2-3-9-22(21)27-24/h2-4,6-9,11-14,16H,5,10,15H2,1H3,(H,25,28)(H,26,27). The lowest BCUT2D eigenvalue weighted by molar-refractivity contribution is -0.116. The lowest BCUT2D eigenvalue weighted by Crippen LogP contribution is -2.14. The molecule has 3 aromatic carbocycles. The molecule has 2 N–H and O–H groups in total. The Bertz CT molecular complexity index is 1290. The summed E-state index contributed by atoms with van der Waals surface area (Å²) in [6, 6.07) is 21.9. The molecule has 6 nitrogen and oxygen atoms in total. The van der Waals surface area contributed by atoms with Gasteiger partial charge in [0, 0.05) is 17.7 Å². The largest absolute Gasteiger partial charge is 0.338 e. The highest BCUT2D eigenvalue weighted by atomic mass is 32.2. The van der Waals surface area contributed by atoms with Gasteiger partial charge < -0.3 is 10.3 Å². The molecule has 4 rings (SSSR count). The minimum absolute atomic E-state index is 0.0670. The van der Waals surface area contributed by atoms with E-state index in [0.29, 0.717) is 5.69 Å². The van der Waals surface area contributed by atoms with E-state index in [4.69, 9.17) is 0 Å². The van der Waals surface area contributed by atoms with Crippen LogP contribution in [0.25, 0.3) is 22.4 Å². The highest BCUT2D eigenvalue weighted by Crippen LogP contribution is 2.23. The molecule has 0 aliphatic rings. The number of aromatic nitrogens is 2. The topological polar surface area (TPSA) is 91.9 Å². The van der Waals surface area contributed by atoms with Gasteiger partial charge in [0.2, 0.25) is 5.91 Å². The Labute approximate surface area is 181 Å². The summed E-state index contributed by atoms with van der Waals surface area (Å²) in [5.74, 6) is 0.435. The first-order valence-electron chi connectivity index (χ1n) is 10.1. The molecule has 0 bridgehead atoms. The number of carbonyl (C=O) groups excluding carboxylic acids is 1. The van der Waals surface area contributed by atoms with E-state index in [1.165, 1.54) is 0 Å². The van der Waals surface area contributed by atoms with Crippen LogP contribution in [-0.4, -0.2) is 30.0 Å². The van der Waals surface area contributed by atoms with Gasteiger partial charge in [-0.3, -0.25) is 4.79 Å². The zero-order valence-electron chi connectivity index (χ0n) is 17.1. The summed E-state index contributed by atoms with van der Waals surface area (Å²) in [7, 11) is -3.39. The Morgan fingerprint density at radius 2 is 1.77 bits per heavy atom. The van der Waals surface area contributed by atoms with Gasteiger partial charge in [-0.15, -0.1) is 0 Å². The molecule has 0 spiro atoms. The number of aromatic amines is 1. The maximum absolute atomic E-state index is 12.4. The predicted octanol–water partition coefficient (Wildman–Crippen LogP) is 4.73. The van der Waals surface area contributed by atoms with E-state index >= 15 is 0 Å². The lowest BCUT2D eigenvalue weighted by Gasteiger charge is -2.07. The van der Waals surface area contributed by atoms with Gasteiger partial charge in [-0.25, -0.2) is 13.4 Å². The second-order valence-corrected chi connectivity index (χ2v) is 9.58. The second-order valence-electron chi connectivity index (χ2n) is 7.47.